The molecular formula is C15H16N4O2. The second kappa shape index (κ2) is 4.58. The van der Waals surface area contributed by atoms with Gasteiger partial charge in [-0.2, -0.15) is 9.97 Å². The largest absolute Gasteiger partial charge is 0.423 e. The molecular weight excluding hydrogens is 268 g/mol. The summed E-state index contributed by atoms with van der Waals surface area (Å²) < 4.78 is 11.3. The first-order valence-corrected chi connectivity index (χ1v) is 7.15. The van der Waals surface area contributed by atoms with Crippen LogP contribution in [0.2, 0.25) is 0 Å². The Morgan fingerprint density at radius 2 is 2.14 bits per heavy atom. The number of nitrogens with zero attached hydrogens (tertiary/aromatic N) is 4. The summed E-state index contributed by atoms with van der Waals surface area (Å²) >= 11 is 0. The van der Waals surface area contributed by atoms with Crippen LogP contribution >= 0.6 is 0 Å². The SMILES string of the molecule is Cc1noc(C2CCCN2c2nc3cccc(C)c3o2)n1. The van der Waals surface area contributed by atoms with E-state index < -0.39 is 0 Å². The number of benzene rings is 1. The third kappa shape index (κ3) is 1.98. The first-order chi connectivity index (χ1) is 10.2. The van der Waals surface area contributed by atoms with Gasteiger partial charge in [0, 0.05) is 6.54 Å². The van der Waals surface area contributed by atoms with E-state index >= 15 is 0 Å². The third-order valence-corrected chi connectivity index (χ3v) is 3.93. The predicted octanol–water partition coefficient (Wildman–Crippen LogP) is 3.17. The maximum atomic E-state index is 5.97. The molecule has 4 rings (SSSR count). The standard InChI is InChI=1S/C15H16N4O2/c1-9-5-3-6-11-13(9)20-15(17-11)19-8-4-7-12(19)14-16-10(2)18-21-14/h3,5-6,12H,4,7-8H2,1-2H3. The summed E-state index contributed by atoms with van der Waals surface area (Å²) in [6.45, 7) is 4.74. The molecule has 21 heavy (non-hydrogen) atoms. The van der Waals surface area contributed by atoms with E-state index in [1.54, 1.807) is 0 Å². The van der Waals surface area contributed by atoms with Crippen molar-refractivity contribution < 1.29 is 8.94 Å². The van der Waals surface area contributed by atoms with Gasteiger partial charge >= 0.3 is 0 Å². The van der Waals surface area contributed by atoms with Crippen LogP contribution in [0.25, 0.3) is 11.1 Å². The maximum absolute atomic E-state index is 5.97. The van der Waals surface area contributed by atoms with Gasteiger partial charge < -0.3 is 13.8 Å². The highest BCUT2D eigenvalue weighted by Gasteiger charge is 2.33. The molecule has 1 fully saturated rings. The summed E-state index contributed by atoms with van der Waals surface area (Å²) in [7, 11) is 0. The Hall–Kier alpha value is -2.37. The van der Waals surface area contributed by atoms with Gasteiger partial charge in [-0.25, -0.2) is 0 Å². The second-order valence-corrected chi connectivity index (χ2v) is 5.45. The van der Waals surface area contributed by atoms with Crippen LogP contribution in [0.4, 0.5) is 6.01 Å². The number of hydrogen-bond acceptors (Lipinski definition) is 6. The zero-order valence-electron chi connectivity index (χ0n) is 12.0. The van der Waals surface area contributed by atoms with E-state index in [1.165, 1.54) is 0 Å². The van der Waals surface area contributed by atoms with E-state index in [0.717, 1.165) is 36.0 Å². The molecule has 0 amide bonds. The molecule has 0 bridgehead atoms. The van der Waals surface area contributed by atoms with Crippen molar-refractivity contribution in [1.29, 1.82) is 0 Å². The highest BCUT2D eigenvalue weighted by molar-refractivity contribution is 5.77. The molecule has 1 saturated heterocycles. The van der Waals surface area contributed by atoms with Crippen molar-refractivity contribution in [3.8, 4) is 0 Å². The number of anilines is 1. The smallest absolute Gasteiger partial charge is 0.299 e. The Balaban J connectivity index is 1.74. The minimum absolute atomic E-state index is 0.0552. The normalized spacial score (nSPS) is 18.8. The molecule has 1 atom stereocenters. The highest BCUT2D eigenvalue weighted by Crippen LogP contribution is 2.36. The van der Waals surface area contributed by atoms with Crippen LogP contribution in [0.1, 0.15) is 36.2 Å². The zero-order chi connectivity index (χ0) is 14.4. The summed E-state index contributed by atoms with van der Waals surface area (Å²) in [6, 6.07) is 6.68. The number of oxazole rings is 1. The van der Waals surface area contributed by atoms with Crippen molar-refractivity contribution in [3.63, 3.8) is 0 Å². The fourth-order valence-corrected chi connectivity index (χ4v) is 2.90. The number of rotatable bonds is 2. The number of aromatic nitrogens is 3. The van der Waals surface area contributed by atoms with E-state index in [9.17, 15) is 0 Å². The molecule has 2 aromatic heterocycles. The van der Waals surface area contributed by atoms with Gasteiger partial charge in [-0.05, 0) is 38.3 Å². The van der Waals surface area contributed by atoms with Crippen molar-refractivity contribution in [2.75, 3.05) is 11.4 Å². The Kier molecular flexibility index (Phi) is 2.70. The van der Waals surface area contributed by atoms with Crippen molar-refractivity contribution in [1.82, 2.24) is 15.1 Å². The second-order valence-electron chi connectivity index (χ2n) is 5.45. The molecule has 3 heterocycles. The van der Waals surface area contributed by atoms with Crippen LogP contribution < -0.4 is 4.90 Å². The fourth-order valence-electron chi connectivity index (χ4n) is 2.90. The minimum atomic E-state index is 0.0552. The summed E-state index contributed by atoms with van der Waals surface area (Å²) in [5.74, 6) is 1.30. The average Bonchev–Trinajstić information content (AvgIpc) is 3.15. The lowest BCUT2D eigenvalue weighted by Crippen LogP contribution is -2.23. The van der Waals surface area contributed by atoms with Crippen LogP contribution in [-0.2, 0) is 0 Å². The molecule has 108 valence electrons. The Bertz CT molecular complexity index is 792. The Morgan fingerprint density at radius 1 is 1.24 bits per heavy atom. The van der Waals surface area contributed by atoms with Crippen LogP contribution in [-0.4, -0.2) is 21.7 Å². The number of fused-ring (bicyclic) bond motifs is 1. The van der Waals surface area contributed by atoms with Gasteiger partial charge in [0.05, 0.1) is 0 Å². The third-order valence-electron chi connectivity index (χ3n) is 3.93. The molecule has 0 radical (unpaired) electrons. The topological polar surface area (TPSA) is 68.2 Å². The van der Waals surface area contributed by atoms with E-state index in [4.69, 9.17) is 8.94 Å². The molecule has 0 spiro atoms. The minimum Gasteiger partial charge on any atom is -0.423 e. The van der Waals surface area contributed by atoms with Gasteiger partial charge in [0.1, 0.15) is 11.6 Å². The van der Waals surface area contributed by atoms with Crippen molar-refractivity contribution in [3.05, 3.63) is 35.5 Å². The Labute approximate surface area is 121 Å². The fraction of sp³-hybridized carbons (Fsp3) is 0.400. The molecule has 1 aromatic carbocycles. The molecule has 6 nitrogen and oxygen atoms in total. The summed E-state index contributed by atoms with van der Waals surface area (Å²) in [4.78, 5) is 11.1. The molecule has 0 aliphatic carbocycles. The average molecular weight is 284 g/mol. The van der Waals surface area contributed by atoms with Gasteiger partial charge in [-0.15, -0.1) is 0 Å². The summed E-state index contributed by atoms with van der Waals surface area (Å²) in [5.41, 5.74) is 2.83. The zero-order valence-corrected chi connectivity index (χ0v) is 12.0. The quantitative estimate of drug-likeness (QED) is 0.720. The monoisotopic (exact) mass is 284 g/mol. The predicted molar refractivity (Wildman–Crippen MR) is 77.1 cm³/mol. The first kappa shape index (κ1) is 12.4. The van der Waals surface area contributed by atoms with Crippen LogP contribution in [0.5, 0.6) is 0 Å². The lowest BCUT2D eigenvalue weighted by Gasteiger charge is -2.19. The highest BCUT2D eigenvalue weighted by atomic mass is 16.5. The van der Waals surface area contributed by atoms with E-state index in [-0.39, 0.29) is 6.04 Å². The number of para-hydroxylation sites is 1. The Morgan fingerprint density at radius 3 is 2.90 bits per heavy atom. The number of hydrogen-bond donors (Lipinski definition) is 0. The molecule has 1 aliphatic rings. The lowest BCUT2D eigenvalue weighted by molar-refractivity contribution is 0.348. The molecule has 3 aromatic rings. The molecule has 0 saturated carbocycles. The molecule has 1 unspecified atom stereocenters. The van der Waals surface area contributed by atoms with Crippen molar-refractivity contribution in [2.24, 2.45) is 0 Å². The molecule has 6 heteroatoms. The van der Waals surface area contributed by atoms with Gasteiger partial charge in [-0.3, -0.25) is 0 Å². The van der Waals surface area contributed by atoms with E-state index in [2.05, 4.69) is 20.0 Å². The van der Waals surface area contributed by atoms with Crippen molar-refractivity contribution >= 4 is 17.1 Å². The molecule has 0 N–H and O–H groups in total. The van der Waals surface area contributed by atoms with Gasteiger partial charge in [-0.1, -0.05) is 17.3 Å². The van der Waals surface area contributed by atoms with Crippen molar-refractivity contribution in [2.45, 2.75) is 32.7 Å². The van der Waals surface area contributed by atoms with E-state index in [0.29, 0.717) is 17.7 Å². The lowest BCUT2D eigenvalue weighted by atomic mass is 10.2. The summed E-state index contributed by atoms with van der Waals surface area (Å²) in [6.07, 6.45) is 2.03. The maximum Gasteiger partial charge on any atom is 0.299 e. The summed E-state index contributed by atoms with van der Waals surface area (Å²) in [5, 5.41) is 3.88. The van der Waals surface area contributed by atoms with Crippen LogP contribution in [0, 0.1) is 13.8 Å². The van der Waals surface area contributed by atoms with Gasteiger partial charge in [0.2, 0.25) is 5.89 Å². The van der Waals surface area contributed by atoms with Gasteiger partial charge in [0.25, 0.3) is 6.01 Å². The van der Waals surface area contributed by atoms with Crippen LogP contribution in [0.15, 0.2) is 27.1 Å². The molecule has 1 aliphatic heterocycles. The van der Waals surface area contributed by atoms with Gasteiger partial charge in [0.15, 0.2) is 11.4 Å². The number of aryl methyl sites for hydroxylation is 2. The first-order valence-electron chi connectivity index (χ1n) is 7.15. The van der Waals surface area contributed by atoms with E-state index in [1.807, 2.05) is 32.0 Å². The van der Waals surface area contributed by atoms with Crippen LogP contribution in [0.3, 0.4) is 0 Å².